The van der Waals surface area contributed by atoms with Gasteiger partial charge in [-0.15, -0.1) is 0 Å². The molecule has 1 rings (SSSR count). The number of carboxylic acid groups (broad SMARTS) is 1. The van der Waals surface area contributed by atoms with Crippen LogP contribution in [0, 0.1) is 5.92 Å². The van der Waals surface area contributed by atoms with Gasteiger partial charge in [-0.2, -0.15) is 0 Å². The predicted molar refractivity (Wildman–Crippen MR) is 55.6 cm³/mol. The van der Waals surface area contributed by atoms with Crippen molar-refractivity contribution in [2.24, 2.45) is 5.92 Å². The molecule has 1 unspecified atom stereocenters. The Bertz CT molecular complexity index is 243. The van der Waals surface area contributed by atoms with Gasteiger partial charge in [-0.25, -0.2) is 0 Å². The van der Waals surface area contributed by atoms with E-state index in [0.717, 1.165) is 0 Å². The van der Waals surface area contributed by atoms with E-state index in [0.29, 0.717) is 12.8 Å². The minimum atomic E-state index is -0.839. The van der Waals surface area contributed by atoms with Crippen LogP contribution in [0.3, 0.4) is 0 Å². The van der Waals surface area contributed by atoms with Gasteiger partial charge in [0.15, 0.2) is 5.79 Å². The monoisotopic (exact) mass is 216 g/mol. The quantitative estimate of drug-likeness (QED) is 0.784. The molecule has 1 N–H and O–H groups in total. The maximum Gasteiger partial charge on any atom is 0.311 e. The standard InChI is InChI=1S/C11H20O4/c1-5-11(6-2)8(9(12)13)7-14-10(3,4)15-11/h8H,5-7H2,1-4H3,(H,12,13). The highest BCUT2D eigenvalue weighted by molar-refractivity contribution is 5.72. The second-order valence-corrected chi connectivity index (χ2v) is 4.48. The lowest BCUT2D eigenvalue weighted by molar-refractivity contribution is -0.330. The first-order chi connectivity index (χ1) is 6.87. The van der Waals surface area contributed by atoms with Gasteiger partial charge in [0, 0.05) is 0 Å². The SMILES string of the molecule is CCC1(CC)OC(C)(C)OCC1C(=O)O. The van der Waals surface area contributed by atoms with Gasteiger partial charge in [-0.05, 0) is 26.7 Å². The Balaban J connectivity index is 2.96. The Morgan fingerprint density at radius 2 is 1.93 bits per heavy atom. The van der Waals surface area contributed by atoms with Gasteiger partial charge in [-0.1, -0.05) is 13.8 Å². The van der Waals surface area contributed by atoms with Crippen molar-refractivity contribution in [1.82, 2.24) is 0 Å². The highest BCUT2D eigenvalue weighted by Gasteiger charge is 2.49. The van der Waals surface area contributed by atoms with Crippen LogP contribution in [0.2, 0.25) is 0 Å². The third kappa shape index (κ3) is 2.32. The Kier molecular flexibility index (Phi) is 3.41. The number of hydrogen-bond donors (Lipinski definition) is 1. The summed E-state index contributed by atoms with van der Waals surface area (Å²) >= 11 is 0. The van der Waals surface area contributed by atoms with Gasteiger partial charge < -0.3 is 14.6 Å². The van der Waals surface area contributed by atoms with Crippen molar-refractivity contribution in [2.75, 3.05) is 6.61 Å². The van der Waals surface area contributed by atoms with Crippen molar-refractivity contribution < 1.29 is 19.4 Å². The molecular formula is C11H20O4. The largest absolute Gasteiger partial charge is 0.481 e. The van der Waals surface area contributed by atoms with Crippen LogP contribution in [0.4, 0.5) is 0 Å². The van der Waals surface area contributed by atoms with E-state index in [9.17, 15) is 4.79 Å². The fourth-order valence-corrected chi connectivity index (χ4v) is 2.21. The van der Waals surface area contributed by atoms with Crippen LogP contribution in [0.25, 0.3) is 0 Å². The molecule has 0 amide bonds. The summed E-state index contributed by atoms with van der Waals surface area (Å²) in [7, 11) is 0. The second-order valence-electron chi connectivity index (χ2n) is 4.48. The fraction of sp³-hybridized carbons (Fsp3) is 0.909. The summed E-state index contributed by atoms with van der Waals surface area (Å²) < 4.78 is 11.2. The lowest BCUT2D eigenvalue weighted by Crippen LogP contribution is -2.56. The first kappa shape index (κ1) is 12.5. The number of hydrogen-bond acceptors (Lipinski definition) is 3. The maximum absolute atomic E-state index is 11.1. The molecule has 0 aliphatic carbocycles. The average molecular weight is 216 g/mol. The molecule has 1 saturated heterocycles. The summed E-state index contributed by atoms with van der Waals surface area (Å²) in [5.74, 6) is -2.09. The molecule has 0 aromatic rings. The van der Waals surface area contributed by atoms with E-state index in [-0.39, 0.29) is 6.61 Å². The van der Waals surface area contributed by atoms with Crippen molar-refractivity contribution >= 4 is 5.97 Å². The van der Waals surface area contributed by atoms with E-state index >= 15 is 0 Å². The molecule has 1 heterocycles. The lowest BCUT2D eigenvalue weighted by Gasteiger charge is -2.47. The summed E-state index contributed by atoms with van der Waals surface area (Å²) in [4.78, 5) is 11.1. The number of ether oxygens (including phenoxy) is 2. The van der Waals surface area contributed by atoms with E-state index in [4.69, 9.17) is 14.6 Å². The molecule has 0 radical (unpaired) electrons. The summed E-state index contributed by atoms with van der Waals surface area (Å²) in [5.41, 5.74) is -0.590. The molecule has 0 bridgehead atoms. The molecule has 1 atom stereocenters. The molecule has 15 heavy (non-hydrogen) atoms. The van der Waals surface area contributed by atoms with Crippen molar-refractivity contribution in [3.8, 4) is 0 Å². The van der Waals surface area contributed by atoms with Crippen LogP contribution in [0.15, 0.2) is 0 Å². The van der Waals surface area contributed by atoms with Gasteiger partial charge in [0.1, 0.15) is 5.92 Å². The molecular weight excluding hydrogens is 196 g/mol. The van der Waals surface area contributed by atoms with Crippen molar-refractivity contribution in [3.63, 3.8) is 0 Å². The lowest BCUT2D eigenvalue weighted by atomic mass is 9.81. The fourth-order valence-electron chi connectivity index (χ4n) is 2.21. The summed E-state index contributed by atoms with van der Waals surface area (Å²) in [6, 6.07) is 0. The molecule has 0 aromatic heterocycles. The van der Waals surface area contributed by atoms with Gasteiger partial charge in [-0.3, -0.25) is 4.79 Å². The van der Waals surface area contributed by atoms with Gasteiger partial charge in [0.2, 0.25) is 0 Å². The predicted octanol–water partition coefficient (Wildman–Crippen LogP) is 2.03. The van der Waals surface area contributed by atoms with Crippen molar-refractivity contribution in [3.05, 3.63) is 0 Å². The molecule has 4 heteroatoms. The molecule has 1 fully saturated rings. The number of aliphatic carboxylic acids is 1. The van der Waals surface area contributed by atoms with E-state index < -0.39 is 23.3 Å². The minimum absolute atomic E-state index is 0.226. The summed E-state index contributed by atoms with van der Waals surface area (Å²) in [6.45, 7) is 7.79. The smallest absolute Gasteiger partial charge is 0.311 e. The zero-order chi connectivity index (χ0) is 11.7. The van der Waals surface area contributed by atoms with Crippen molar-refractivity contribution in [1.29, 1.82) is 0 Å². The van der Waals surface area contributed by atoms with Gasteiger partial charge in [0.05, 0.1) is 12.2 Å². The summed E-state index contributed by atoms with van der Waals surface area (Å²) in [5, 5.41) is 9.15. The highest BCUT2D eigenvalue weighted by Crippen LogP contribution is 2.39. The number of carboxylic acids is 1. The molecule has 1 aliphatic rings. The molecule has 1 aliphatic heterocycles. The van der Waals surface area contributed by atoms with Gasteiger partial charge >= 0.3 is 5.97 Å². The Hall–Kier alpha value is -0.610. The minimum Gasteiger partial charge on any atom is -0.481 e. The zero-order valence-electron chi connectivity index (χ0n) is 9.87. The van der Waals surface area contributed by atoms with Gasteiger partial charge in [0.25, 0.3) is 0 Å². The van der Waals surface area contributed by atoms with E-state index in [1.807, 2.05) is 27.7 Å². The second kappa shape index (κ2) is 4.10. The maximum atomic E-state index is 11.1. The van der Waals surface area contributed by atoms with Crippen LogP contribution in [0.1, 0.15) is 40.5 Å². The normalized spacial score (nSPS) is 28.7. The Labute approximate surface area is 90.6 Å². The first-order valence-corrected chi connectivity index (χ1v) is 5.44. The van der Waals surface area contributed by atoms with Crippen LogP contribution in [0.5, 0.6) is 0 Å². The number of carbonyl (C=O) groups is 1. The van der Waals surface area contributed by atoms with E-state index in [2.05, 4.69) is 0 Å². The van der Waals surface area contributed by atoms with Crippen LogP contribution >= 0.6 is 0 Å². The van der Waals surface area contributed by atoms with E-state index in [1.54, 1.807) is 0 Å². The number of rotatable bonds is 3. The third-order valence-electron chi connectivity index (χ3n) is 3.18. The zero-order valence-corrected chi connectivity index (χ0v) is 9.87. The molecule has 4 nitrogen and oxygen atoms in total. The third-order valence-corrected chi connectivity index (χ3v) is 3.18. The molecule has 0 saturated carbocycles. The van der Waals surface area contributed by atoms with Crippen molar-refractivity contribution in [2.45, 2.75) is 51.9 Å². The van der Waals surface area contributed by atoms with Crippen LogP contribution in [-0.2, 0) is 14.3 Å². The van der Waals surface area contributed by atoms with E-state index in [1.165, 1.54) is 0 Å². The topological polar surface area (TPSA) is 55.8 Å². The van der Waals surface area contributed by atoms with Crippen LogP contribution in [-0.4, -0.2) is 29.1 Å². The molecule has 0 spiro atoms. The Morgan fingerprint density at radius 3 is 2.33 bits per heavy atom. The summed E-state index contributed by atoms with van der Waals surface area (Å²) in [6.07, 6.45) is 1.38. The molecule has 88 valence electrons. The molecule has 0 aromatic carbocycles. The van der Waals surface area contributed by atoms with Crippen LogP contribution < -0.4 is 0 Å². The Morgan fingerprint density at radius 1 is 1.40 bits per heavy atom. The first-order valence-electron chi connectivity index (χ1n) is 5.44. The highest BCUT2D eigenvalue weighted by atomic mass is 16.7. The average Bonchev–Trinajstić information content (AvgIpc) is 2.15.